The first-order valence-electron chi connectivity index (χ1n) is 18.7. The highest BCUT2D eigenvalue weighted by molar-refractivity contribution is 7.26. The van der Waals surface area contributed by atoms with E-state index in [1.807, 2.05) is 11.3 Å². The highest BCUT2D eigenvalue weighted by atomic mass is 32.1. The van der Waals surface area contributed by atoms with Crippen LogP contribution in [0.2, 0.25) is 0 Å². The van der Waals surface area contributed by atoms with Gasteiger partial charge in [-0.25, -0.2) is 0 Å². The molecule has 0 amide bonds. The second-order valence-electron chi connectivity index (χ2n) is 13.7. The Morgan fingerprint density at radius 3 is 1.35 bits per heavy atom. The van der Waals surface area contributed by atoms with Crippen molar-refractivity contribution >= 4 is 76.4 Å². The molecular formula is C52H36N2S. The molecule has 10 rings (SSSR count). The van der Waals surface area contributed by atoms with Crippen LogP contribution in [-0.2, 0) is 0 Å². The molecule has 10 aromatic rings. The van der Waals surface area contributed by atoms with Gasteiger partial charge in [-0.2, -0.15) is 0 Å². The van der Waals surface area contributed by atoms with Gasteiger partial charge in [0.1, 0.15) is 0 Å². The van der Waals surface area contributed by atoms with Crippen LogP contribution in [0.25, 0.3) is 53.2 Å². The zero-order valence-corrected chi connectivity index (χ0v) is 30.9. The van der Waals surface area contributed by atoms with Gasteiger partial charge in [0.25, 0.3) is 0 Å². The quantitative estimate of drug-likeness (QED) is 0.154. The fourth-order valence-corrected chi connectivity index (χ4v) is 9.10. The number of anilines is 6. The number of hydrogen-bond acceptors (Lipinski definition) is 3. The summed E-state index contributed by atoms with van der Waals surface area (Å²) in [5.41, 5.74) is 11.3. The molecule has 0 radical (unpaired) electrons. The van der Waals surface area contributed by atoms with Crippen molar-refractivity contribution in [2.75, 3.05) is 9.80 Å². The standard InChI is InChI=1S/C52H36N2S/c1-5-19-37(20-6-1)44-29-15-17-31-47(44)53(41-25-9-3-10-26-41)43-35-49(52-46-33-39-23-13-14-24-40(39)34-50(46)55-51(52)36-43)54(42-27-11-4-12-28-42)48-32-18-16-30-45(48)38-21-7-2-8-22-38/h1-36H. The first-order valence-corrected chi connectivity index (χ1v) is 19.5. The van der Waals surface area contributed by atoms with Crippen LogP contribution in [0.4, 0.5) is 34.1 Å². The largest absolute Gasteiger partial charge is 0.310 e. The van der Waals surface area contributed by atoms with Crippen LogP contribution in [0.1, 0.15) is 0 Å². The highest BCUT2D eigenvalue weighted by Gasteiger charge is 2.25. The maximum atomic E-state index is 2.47. The van der Waals surface area contributed by atoms with Crippen LogP contribution in [0.3, 0.4) is 0 Å². The summed E-state index contributed by atoms with van der Waals surface area (Å²) in [6, 6.07) is 78.9. The van der Waals surface area contributed by atoms with Crippen molar-refractivity contribution in [3.05, 3.63) is 218 Å². The van der Waals surface area contributed by atoms with Gasteiger partial charge in [-0.15, -0.1) is 11.3 Å². The maximum absolute atomic E-state index is 2.47. The Bertz CT molecular complexity index is 2920. The number of para-hydroxylation sites is 4. The molecule has 9 aromatic carbocycles. The van der Waals surface area contributed by atoms with Crippen molar-refractivity contribution in [1.29, 1.82) is 0 Å². The Morgan fingerprint density at radius 2 is 0.764 bits per heavy atom. The molecular weight excluding hydrogens is 685 g/mol. The molecule has 1 heterocycles. The third-order valence-electron chi connectivity index (χ3n) is 10.4. The maximum Gasteiger partial charge on any atom is 0.0575 e. The molecule has 3 heteroatoms. The van der Waals surface area contributed by atoms with Crippen LogP contribution in [-0.4, -0.2) is 0 Å². The topological polar surface area (TPSA) is 6.48 Å². The molecule has 0 aliphatic heterocycles. The molecule has 55 heavy (non-hydrogen) atoms. The van der Waals surface area contributed by atoms with Gasteiger partial charge in [-0.3, -0.25) is 0 Å². The van der Waals surface area contributed by atoms with E-state index in [1.165, 1.54) is 53.2 Å². The Balaban J connectivity index is 1.32. The van der Waals surface area contributed by atoms with E-state index in [0.29, 0.717) is 0 Å². The first-order chi connectivity index (χ1) is 27.3. The minimum Gasteiger partial charge on any atom is -0.310 e. The van der Waals surface area contributed by atoms with Gasteiger partial charge in [0, 0.05) is 48.4 Å². The van der Waals surface area contributed by atoms with Gasteiger partial charge in [-0.1, -0.05) is 158 Å². The van der Waals surface area contributed by atoms with Gasteiger partial charge in [0.15, 0.2) is 0 Å². The van der Waals surface area contributed by atoms with Crippen molar-refractivity contribution in [1.82, 2.24) is 0 Å². The van der Waals surface area contributed by atoms with E-state index in [2.05, 4.69) is 228 Å². The smallest absolute Gasteiger partial charge is 0.0575 e. The summed E-state index contributed by atoms with van der Waals surface area (Å²) in [5.74, 6) is 0. The summed E-state index contributed by atoms with van der Waals surface area (Å²) < 4.78 is 2.50. The van der Waals surface area contributed by atoms with Crippen LogP contribution >= 0.6 is 11.3 Å². The summed E-state index contributed by atoms with van der Waals surface area (Å²) in [6.07, 6.45) is 0. The average molecular weight is 721 g/mol. The molecule has 0 atom stereocenters. The highest BCUT2D eigenvalue weighted by Crippen LogP contribution is 2.51. The summed E-state index contributed by atoms with van der Waals surface area (Å²) in [5, 5.41) is 4.99. The van der Waals surface area contributed by atoms with Gasteiger partial charge >= 0.3 is 0 Å². The number of nitrogens with zero attached hydrogens (tertiary/aromatic N) is 2. The van der Waals surface area contributed by atoms with Crippen LogP contribution in [0.15, 0.2) is 218 Å². The van der Waals surface area contributed by atoms with E-state index < -0.39 is 0 Å². The van der Waals surface area contributed by atoms with E-state index in [-0.39, 0.29) is 0 Å². The van der Waals surface area contributed by atoms with Crippen molar-refractivity contribution in [3.8, 4) is 22.3 Å². The molecule has 0 bridgehead atoms. The van der Waals surface area contributed by atoms with Crippen molar-refractivity contribution in [2.24, 2.45) is 0 Å². The molecule has 0 spiro atoms. The molecule has 2 nitrogen and oxygen atoms in total. The predicted octanol–water partition coefficient (Wildman–Crippen LogP) is 15.5. The third kappa shape index (κ3) is 6.01. The molecule has 0 N–H and O–H groups in total. The molecule has 260 valence electrons. The van der Waals surface area contributed by atoms with E-state index in [4.69, 9.17) is 0 Å². The Hall–Kier alpha value is -6.94. The van der Waals surface area contributed by atoms with Gasteiger partial charge in [0.05, 0.1) is 17.1 Å². The number of fused-ring (bicyclic) bond motifs is 4. The summed E-state index contributed by atoms with van der Waals surface area (Å²) in [7, 11) is 0. The minimum absolute atomic E-state index is 1.09. The lowest BCUT2D eigenvalue weighted by Crippen LogP contribution is -2.14. The fourth-order valence-electron chi connectivity index (χ4n) is 7.91. The van der Waals surface area contributed by atoms with Gasteiger partial charge in [-0.05, 0) is 82.6 Å². The molecule has 0 fully saturated rings. The molecule has 0 aliphatic rings. The third-order valence-corrected chi connectivity index (χ3v) is 11.5. The van der Waals surface area contributed by atoms with Gasteiger partial charge < -0.3 is 9.80 Å². The van der Waals surface area contributed by atoms with Crippen LogP contribution in [0, 0.1) is 0 Å². The Kier molecular flexibility index (Phi) is 8.40. The molecule has 1 aromatic heterocycles. The van der Waals surface area contributed by atoms with E-state index >= 15 is 0 Å². The minimum atomic E-state index is 1.09. The number of thiophene rings is 1. The second-order valence-corrected chi connectivity index (χ2v) is 14.8. The predicted molar refractivity (Wildman–Crippen MR) is 237 cm³/mol. The average Bonchev–Trinajstić information content (AvgIpc) is 3.62. The van der Waals surface area contributed by atoms with Crippen LogP contribution < -0.4 is 9.80 Å². The van der Waals surface area contributed by atoms with E-state index in [1.54, 1.807) is 0 Å². The summed E-state index contributed by atoms with van der Waals surface area (Å²) in [4.78, 5) is 4.90. The number of hydrogen-bond donors (Lipinski definition) is 0. The Labute approximate surface area is 325 Å². The molecule has 0 unspecified atom stereocenters. The number of benzene rings is 9. The van der Waals surface area contributed by atoms with E-state index in [0.717, 1.165) is 34.1 Å². The van der Waals surface area contributed by atoms with Gasteiger partial charge in [0.2, 0.25) is 0 Å². The van der Waals surface area contributed by atoms with Crippen molar-refractivity contribution in [3.63, 3.8) is 0 Å². The molecule has 0 saturated heterocycles. The number of rotatable bonds is 8. The first kappa shape index (κ1) is 32.7. The van der Waals surface area contributed by atoms with Crippen LogP contribution in [0.5, 0.6) is 0 Å². The SMILES string of the molecule is c1ccc(-c2ccccc2N(c2ccccc2)c2cc(N(c3ccccc3)c3ccccc3-c3ccccc3)c3c(c2)sc2cc4ccccc4cc23)cc1. The second kappa shape index (κ2) is 14.1. The zero-order valence-electron chi connectivity index (χ0n) is 30.1. The molecule has 0 saturated carbocycles. The normalized spacial score (nSPS) is 11.3. The van der Waals surface area contributed by atoms with E-state index in [9.17, 15) is 0 Å². The lowest BCUT2D eigenvalue weighted by molar-refractivity contribution is 1.26. The summed E-state index contributed by atoms with van der Waals surface area (Å²) >= 11 is 1.87. The lowest BCUT2D eigenvalue weighted by Gasteiger charge is -2.32. The monoisotopic (exact) mass is 720 g/mol. The zero-order chi connectivity index (χ0) is 36.6. The summed E-state index contributed by atoms with van der Waals surface area (Å²) in [6.45, 7) is 0. The Morgan fingerprint density at radius 1 is 0.309 bits per heavy atom. The molecule has 0 aliphatic carbocycles. The van der Waals surface area contributed by atoms with Crippen molar-refractivity contribution in [2.45, 2.75) is 0 Å². The van der Waals surface area contributed by atoms with Crippen molar-refractivity contribution < 1.29 is 0 Å². The lowest BCUT2D eigenvalue weighted by atomic mass is 9.99. The fraction of sp³-hybridized carbons (Fsp3) is 0.